The van der Waals surface area contributed by atoms with Crippen LogP contribution in [-0.4, -0.2) is 16.2 Å². The molecule has 0 spiro atoms. The first-order chi connectivity index (χ1) is 12.5. The molecule has 1 heterocycles. The summed E-state index contributed by atoms with van der Waals surface area (Å²) in [7, 11) is 0. The predicted octanol–water partition coefficient (Wildman–Crippen LogP) is 5.55. The summed E-state index contributed by atoms with van der Waals surface area (Å²) < 4.78 is 0. The largest absolute Gasteiger partial charge is 0.392 e. The van der Waals surface area contributed by atoms with Gasteiger partial charge < -0.3 is 5.11 Å². The maximum atomic E-state index is 11.0. The number of thiazole rings is 1. The van der Waals surface area contributed by atoms with Crippen molar-refractivity contribution in [2.24, 2.45) is 28.6 Å². The van der Waals surface area contributed by atoms with Gasteiger partial charge in [0.05, 0.1) is 11.1 Å². The Morgan fingerprint density at radius 2 is 2.08 bits per heavy atom. The molecule has 140 valence electrons. The van der Waals surface area contributed by atoms with Crippen LogP contribution in [0, 0.1) is 28.6 Å². The molecular formula is C23H31NOS. The van der Waals surface area contributed by atoms with Crippen LogP contribution < -0.4 is 0 Å². The second kappa shape index (κ2) is 6.04. The van der Waals surface area contributed by atoms with Crippen molar-refractivity contribution >= 4 is 11.3 Å². The lowest BCUT2D eigenvalue weighted by molar-refractivity contribution is -0.0778. The molecule has 0 radical (unpaired) electrons. The average molecular weight is 370 g/mol. The van der Waals surface area contributed by atoms with Crippen molar-refractivity contribution in [2.75, 3.05) is 0 Å². The second-order valence-corrected chi connectivity index (χ2v) is 10.5. The van der Waals surface area contributed by atoms with Gasteiger partial charge in [-0.05, 0) is 68.1 Å². The van der Waals surface area contributed by atoms with E-state index in [1.54, 1.807) is 22.5 Å². The third-order valence-electron chi connectivity index (χ3n) is 8.72. The highest BCUT2D eigenvalue weighted by Crippen LogP contribution is 2.65. The van der Waals surface area contributed by atoms with Crippen LogP contribution in [0.4, 0.5) is 0 Å². The SMILES string of the molecule is C[C@]12CC[C@H]3[C@@H](CC=C4CCCC(O)[C@@]43C)[C@@H]1CC=C2Cc1nccs1. The quantitative estimate of drug-likeness (QED) is 0.694. The van der Waals surface area contributed by atoms with Crippen molar-refractivity contribution in [1.82, 2.24) is 4.98 Å². The van der Waals surface area contributed by atoms with Crippen molar-refractivity contribution in [2.45, 2.75) is 71.3 Å². The zero-order chi connectivity index (χ0) is 17.9. The number of aliphatic hydroxyl groups is 1. The highest BCUT2D eigenvalue weighted by Gasteiger charge is 2.58. The van der Waals surface area contributed by atoms with Gasteiger partial charge in [-0.1, -0.05) is 37.1 Å². The summed E-state index contributed by atoms with van der Waals surface area (Å²) in [6.45, 7) is 4.92. The average Bonchev–Trinajstić information content (AvgIpc) is 3.25. The van der Waals surface area contributed by atoms with Crippen molar-refractivity contribution in [3.63, 3.8) is 0 Å². The molecule has 0 aromatic carbocycles. The van der Waals surface area contributed by atoms with Gasteiger partial charge in [-0.15, -0.1) is 11.3 Å². The molecule has 2 saturated carbocycles. The van der Waals surface area contributed by atoms with E-state index in [1.807, 2.05) is 6.20 Å². The van der Waals surface area contributed by atoms with Crippen molar-refractivity contribution in [3.05, 3.63) is 39.9 Å². The molecule has 2 fully saturated rings. The summed E-state index contributed by atoms with van der Waals surface area (Å²) in [5, 5.41) is 14.3. The fourth-order valence-corrected chi connectivity index (χ4v) is 7.79. The number of aromatic nitrogens is 1. The van der Waals surface area contributed by atoms with E-state index < -0.39 is 0 Å². The van der Waals surface area contributed by atoms with Crippen LogP contribution in [0.15, 0.2) is 34.9 Å². The van der Waals surface area contributed by atoms with Crippen LogP contribution in [0.25, 0.3) is 0 Å². The minimum Gasteiger partial charge on any atom is -0.392 e. The molecule has 26 heavy (non-hydrogen) atoms. The van der Waals surface area contributed by atoms with Crippen LogP contribution in [0.5, 0.6) is 0 Å². The Labute approximate surface area is 161 Å². The van der Waals surface area contributed by atoms with Gasteiger partial charge in [0.2, 0.25) is 0 Å². The van der Waals surface area contributed by atoms with Crippen molar-refractivity contribution < 1.29 is 5.11 Å². The molecular weight excluding hydrogens is 338 g/mol. The first-order valence-electron chi connectivity index (χ1n) is 10.5. The summed E-state index contributed by atoms with van der Waals surface area (Å²) in [6, 6.07) is 0. The number of allylic oxidation sites excluding steroid dienone is 3. The Morgan fingerprint density at radius 3 is 2.88 bits per heavy atom. The van der Waals surface area contributed by atoms with Gasteiger partial charge in [0.1, 0.15) is 0 Å². The molecule has 1 aromatic rings. The molecule has 1 N–H and O–H groups in total. The Morgan fingerprint density at radius 1 is 1.19 bits per heavy atom. The molecule has 5 rings (SSSR count). The van der Waals surface area contributed by atoms with Gasteiger partial charge in [-0.25, -0.2) is 4.98 Å². The van der Waals surface area contributed by atoms with E-state index in [2.05, 4.69) is 36.4 Å². The fraction of sp³-hybridized carbons (Fsp3) is 0.696. The first kappa shape index (κ1) is 17.2. The summed E-state index contributed by atoms with van der Waals surface area (Å²) in [5.74, 6) is 2.16. The minimum absolute atomic E-state index is 0.0422. The standard InChI is InChI=1S/C23H31NOS/c1-22-11-10-19-17(8-6-15-4-3-5-20(25)23(15,19)2)18(22)9-7-16(22)14-21-24-12-13-26-21/h6-7,12-13,17-20,25H,3-5,8-11,14H2,1-2H3/t17-,18-,19-,20?,22+,23-/m0/s1. The summed E-state index contributed by atoms with van der Waals surface area (Å²) in [4.78, 5) is 4.54. The van der Waals surface area contributed by atoms with E-state index in [9.17, 15) is 5.11 Å². The number of aliphatic hydroxyl groups excluding tert-OH is 1. The molecule has 0 amide bonds. The van der Waals surface area contributed by atoms with E-state index in [0.717, 1.165) is 24.7 Å². The zero-order valence-corrected chi connectivity index (χ0v) is 16.9. The van der Waals surface area contributed by atoms with Crippen LogP contribution in [0.1, 0.15) is 63.8 Å². The number of fused-ring (bicyclic) bond motifs is 5. The maximum Gasteiger partial charge on any atom is 0.0965 e. The third-order valence-corrected chi connectivity index (χ3v) is 9.50. The van der Waals surface area contributed by atoms with Crippen LogP contribution in [0.2, 0.25) is 0 Å². The summed E-state index contributed by atoms with van der Waals surface area (Å²) >= 11 is 1.79. The smallest absolute Gasteiger partial charge is 0.0965 e. The Hall–Kier alpha value is -0.930. The van der Waals surface area contributed by atoms with Crippen molar-refractivity contribution in [1.29, 1.82) is 0 Å². The molecule has 2 nitrogen and oxygen atoms in total. The molecule has 0 saturated heterocycles. The molecule has 1 aromatic heterocycles. The van der Waals surface area contributed by atoms with Gasteiger partial charge in [-0.3, -0.25) is 0 Å². The molecule has 6 atom stereocenters. The van der Waals surface area contributed by atoms with E-state index in [0.29, 0.717) is 11.3 Å². The third kappa shape index (κ3) is 2.29. The maximum absolute atomic E-state index is 11.0. The van der Waals surface area contributed by atoms with Gasteiger partial charge >= 0.3 is 0 Å². The number of rotatable bonds is 2. The lowest BCUT2D eigenvalue weighted by atomic mass is 9.47. The van der Waals surface area contributed by atoms with Gasteiger partial charge in [0, 0.05) is 23.4 Å². The number of hydrogen-bond donors (Lipinski definition) is 1. The Kier molecular flexibility index (Phi) is 3.99. The summed E-state index contributed by atoms with van der Waals surface area (Å²) in [6.07, 6.45) is 16.3. The van der Waals surface area contributed by atoms with Crippen molar-refractivity contribution in [3.8, 4) is 0 Å². The second-order valence-electron chi connectivity index (χ2n) is 9.56. The van der Waals surface area contributed by atoms with Crippen LogP contribution in [-0.2, 0) is 6.42 Å². The zero-order valence-electron chi connectivity index (χ0n) is 16.1. The number of hydrogen-bond acceptors (Lipinski definition) is 3. The van der Waals surface area contributed by atoms with Gasteiger partial charge in [0.15, 0.2) is 0 Å². The minimum atomic E-state index is -0.135. The normalized spacial score (nSPS) is 44.6. The molecule has 0 bridgehead atoms. The molecule has 1 unspecified atom stereocenters. The Balaban J connectivity index is 1.44. The first-order valence-corrected chi connectivity index (χ1v) is 11.4. The summed E-state index contributed by atoms with van der Waals surface area (Å²) in [5.41, 5.74) is 3.60. The van der Waals surface area contributed by atoms with E-state index >= 15 is 0 Å². The molecule has 3 heteroatoms. The number of nitrogens with zero attached hydrogens (tertiary/aromatic N) is 1. The predicted molar refractivity (Wildman–Crippen MR) is 107 cm³/mol. The topological polar surface area (TPSA) is 33.1 Å². The van der Waals surface area contributed by atoms with Crippen LogP contribution >= 0.6 is 11.3 Å². The lowest BCUT2D eigenvalue weighted by Crippen LogP contribution is -2.53. The van der Waals surface area contributed by atoms with Gasteiger partial charge in [-0.2, -0.15) is 0 Å². The Bertz CT molecular complexity index is 750. The molecule has 4 aliphatic rings. The van der Waals surface area contributed by atoms with E-state index in [-0.39, 0.29) is 11.5 Å². The van der Waals surface area contributed by atoms with Gasteiger partial charge in [0.25, 0.3) is 0 Å². The highest BCUT2D eigenvalue weighted by molar-refractivity contribution is 7.09. The lowest BCUT2D eigenvalue weighted by Gasteiger charge is -2.58. The fourth-order valence-electron chi connectivity index (χ4n) is 7.15. The van der Waals surface area contributed by atoms with Crippen LogP contribution in [0.3, 0.4) is 0 Å². The monoisotopic (exact) mass is 369 g/mol. The molecule has 0 aliphatic heterocycles. The molecule has 4 aliphatic carbocycles. The highest BCUT2D eigenvalue weighted by atomic mass is 32.1. The van der Waals surface area contributed by atoms with E-state index in [1.165, 1.54) is 43.5 Å². The van der Waals surface area contributed by atoms with E-state index in [4.69, 9.17) is 0 Å².